The summed E-state index contributed by atoms with van der Waals surface area (Å²) in [4.78, 5) is 19.5. The summed E-state index contributed by atoms with van der Waals surface area (Å²) < 4.78 is 8.88. The third kappa shape index (κ3) is 7.38. The molecule has 13 heteroatoms. The monoisotopic (exact) mass is 742 g/mol. The Morgan fingerprint density at radius 1 is 0.980 bits per heavy atom. The van der Waals surface area contributed by atoms with Gasteiger partial charge >= 0.3 is 0 Å². The van der Waals surface area contributed by atoms with Gasteiger partial charge in [-0.3, -0.25) is 14.6 Å². The highest BCUT2D eigenvalue weighted by Gasteiger charge is 2.28. The van der Waals surface area contributed by atoms with Crippen molar-refractivity contribution in [2.45, 2.75) is 25.8 Å². The number of nitrogens with one attached hydrogen (secondary N) is 3. The summed E-state index contributed by atoms with van der Waals surface area (Å²) in [5.74, 6) is 1.88. The molecule has 0 spiro atoms. The third-order valence-electron chi connectivity index (χ3n) is 9.32. The Morgan fingerprint density at radius 3 is 2.51 bits per heavy atom. The lowest BCUT2D eigenvalue weighted by Crippen LogP contribution is -2.52. The highest BCUT2D eigenvalue weighted by molar-refractivity contribution is 9.10. The first-order valence-corrected chi connectivity index (χ1v) is 20.0. The molecule has 2 aliphatic rings. The van der Waals surface area contributed by atoms with Crippen LogP contribution in [0.15, 0.2) is 65.7 Å². The molecule has 0 bridgehead atoms. The molecule has 2 fully saturated rings. The molecule has 0 saturated carbocycles. The molecule has 5 aromatic rings. The number of aryl methyl sites for hydroxylation is 1. The fourth-order valence-electron chi connectivity index (χ4n) is 6.98. The number of piperazine rings is 1. The van der Waals surface area contributed by atoms with Gasteiger partial charge < -0.3 is 25.6 Å². The first-order valence-electron chi connectivity index (χ1n) is 17.0. The number of anilines is 5. The Labute approximate surface area is 297 Å². The Morgan fingerprint density at radius 2 is 1.78 bits per heavy atom. The van der Waals surface area contributed by atoms with Gasteiger partial charge in [0.1, 0.15) is 11.6 Å². The van der Waals surface area contributed by atoms with Gasteiger partial charge in [0.25, 0.3) is 0 Å². The summed E-state index contributed by atoms with van der Waals surface area (Å²) in [5, 5.41) is 17.5. The first kappa shape index (κ1) is 33.7. The van der Waals surface area contributed by atoms with Gasteiger partial charge in [-0.2, -0.15) is 10.1 Å². The van der Waals surface area contributed by atoms with E-state index >= 15 is 0 Å². The Bertz CT molecular complexity index is 1920. The van der Waals surface area contributed by atoms with Crippen LogP contribution in [0.3, 0.4) is 0 Å². The second-order valence-electron chi connectivity index (χ2n) is 12.8. The number of halogens is 1. The van der Waals surface area contributed by atoms with Crippen molar-refractivity contribution in [2.75, 3.05) is 74.7 Å². The minimum absolute atomic E-state index is 0.426. The minimum Gasteiger partial charge on any atom is -0.492 e. The van der Waals surface area contributed by atoms with Crippen molar-refractivity contribution in [3.8, 4) is 16.9 Å². The topological polar surface area (TPSA) is 108 Å². The molecular formula is C36H44BrN10OP. The summed E-state index contributed by atoms with van der Waals surface area (Å²) in [5.41, 5.74) is 6.04. The van der Waals surface area contributed by atoms with Crippen LogP contribution in [0.2, 0.25) is 0 Å². The van der Waals surface area contributed by atoms with Crippen LogP contribution in [0.1, 0.15) is 19.8 Å². The van der Waals surface area contributed by atoms with Crippen LogP contribution in [0.4, 0.5) is 28.8 Å². The number of para-hydroxylation sites is 1. The Kier molecular flexibility index (Phi) is 10.3. The van der Waals surface area contributed by atoms with Crippen molar-refractivity contribution in [3.63, 3.8) is 0 Å². The maximum Gasteiger partial charge on any atom is 0.229 e. The molecule has 5 heterocycles. The maximum absolute atomic E-state index is 6.27. The molecule has 0 unspecified atom stereocenters. The smallest absolute Gasteiger partial charge is 0.229 e. The normalized spacial score (nSPS) is 16.0. The molecule has 0 amide bonds. The van der Waals surface area contributed by atoms with E-state index in [9.17, 15) is 0 Å². The van der Waals surface area contributed by atoms with Crippen molar-refractivity contribution >= 4 is 68.9 Å². The van der Waals surface area contributed by atoms with Gasteiger partial charge in [-0.25, -0.2) is 4.98 Å². The van der Waals surface area contributed by atoms with E-state index < -0.39 is 7.92 Å². The number of hydrogen-bond acceptors (Lipinski definition) is 10. The number of benzene rings is 2. The molecule has 49 heavy (non-hydrogen) atoms. The molecule has 2 saturated heterocycles. The second kappa shape index (κ2) is 15.0. The van der Waals surface area contributed by atoms with Crippen molar-refractivity contribution in [1.29, 1.82) is 0 Å². The van der Waals surface area contributed by atoms with Crippen molar-refractivity contribution < 1.29 is 4.74 Å². The molecule has 3 aromatic heterocycles. The van der Waals surface area contributed by atoms with Gasteiger partial charge in [-0.1, -0.05) is 26.1 Å². The third-order valence-corrected chi connectivity index (χ3v) is 11.3. The molecule has 2 aliphatic heterocycles. The molecule has 11 nitrogen and oxygen atoms in total. The molecule has 0 aliphatic carbocycles. The fraction of sp³-hybridized carbons (Fsp3) is 0.389. The largest absolute Gasteiger partial charge is 0.492 e. The van der Waals surface area contributed by atoms with E-state index in [2.05, 4.69) is 102 Å². The number of hydrogen-bond donors (Lipinski definition) is 3. The summed E-state index contributed by atoms with van der Waals surface area (Å²) in [6.07, 6.45) is 9.96. The van der Waals surface area contributed by atoms with Crippen molar-refractivity contribution in [2.24, 2.45) is 7.05 Å². The van der Waals surface area contributed by atoms with Crippen LogP contribution in [0.5, 0.6) is 5.75 Å². The quantitative estimate of drug-likeness (QED) is 0.141. The number of ether oxygens (including phenoxy) is 1. The van der Waals surface area contributed by atoms with Crippen LogP contribution >= 0.6 is 23.9 Å². The van der Waals surface area contributed by atoms with Gasteiger partial charge in [0, 0.05) is 98.3 Å². The van der Waals surface area contributed by atoms with Gasteiger partial charge in [0.05, 0.1) is 40.4 Å². The number of aromatic nitrogens is 5. The van der Waals surface area contributed by atoms with E-state index in [0.29, 0.717) is 24.4 Å². The predicted molar refractivity (Wildman–Crippen MR) is 206 cm³/mol. The highest BCUT2D eigenvalue weighted by atomic mass is 79.9. The molecule has 256 valence electrons. The number of pyridine rings is 1. The van der Waals surface area contributed by atoms with Gasteiger partial charge in [0.15, 0.2) is 0 Å². The van der Waals surface area contributed by atoms with Crippen molar-refractivity contribution in [3.05, 3.63) is 65.7 Å². The summed E-state index contributed by atoms with van der Waals surface area (Å²) in [6.45, 7) is 13.5. The number of rotatable bonds is 10. The Hall–Kier alpha value is -3.83. The fourth-order valence-corrected chi connectivity index (χ4v) is 8.53. The van der Waals surface area contributed by atoms with E-state index in [1.54, 1.807) is 6.20 Å². The van der Waals surface area contributed by atoms with Gasteiger partial charge in [0.2, 0.25) is 5.95 Å². The Balaban J connectivity index is 1.20. The zero-order chi connectivity index (χ0) is 33.9. The van der Waals surface area contributed by atoms with E-state index in [1.807, 2.05) is 37.1 Å². The lowest BCUT2D eigenvalue weighted by Gasteiger charge is -2.41. The minimum atomic E-state index is -0.426. The first-order chi connectivity index (χ1) is 23.9. The van der Waals surface area contributed by atoms with Crippen LogP contribution in [0, 0.1) is 0 Å². The average Bonchev–Trinajstić information content (AvgIpc) is 3.56. The highest BCUT2D eigenvalue weighted by Crippen LogP contribution is 2.42. The molecule has 0 radical (unpaired) electrons. The maximum atomic E-state index is 6.27. The zero-order valence-corrected chi connectivity index (χ0v) is 31.1. The molecule has 3 N–H and O–H groups in total. The SMILES string of the molecule is CCOc1cc(N2CCC(N3CCNCC3)CC2)c(-c2cnn(C)c2)cc1Nc1ncc(Br)c(Nc2cnc3ccccc3c2P(C)C)n1. The van der Waals surface area contributed by atoms with Crippen LogP contribution in [-0.4, -0.2) is 94.9 Å². The van der Waals surface area contributed by atoms with Crippen LogP contribution < -0.4 is 30.9 Å². The standard InChI is InChI=1S/C36H44BrN10OP/c1-5-48-33-19-32(47-14-10-25(11-15-47)46-16-12-38-13-17-46)27(24-20-41-45(2)23-24)18-30(33)43-36-40-21-28(37)35(44-36)42-31-22-39-29-9-7-6-8-26(29)34(31)49(3)4/h6-9,18-23,25,38H,5,10-17H2,1-4H3,(H2,40,42,43,44). The molecule has 7 rings (SSSR count). The number of nitrogens with zero attached hydrogens (tertiary/aromatic N) is 7. The summed E-state index contributed by atoms with van der Waals surface area (Å²) in [6, 6.07) is 13.3. The predicted octanol–water partition coefficient (Wildman–Crippen LogP) is 6.31. The van der Waals surface area contributed by atoms with E-state index in [4.69, 9.17) is 14.7 Å². The second-order valence-corrected chi connectivity index (χ2v) is 15.9. The lowest BCUT2D eigenvalue weighted by molar-refractivity contribution is 0.150. The van der Waals surface area contributed by atoms with Crippen LogP contribution in [-0.2, 0) is 7.05 Å². The van der Waals surface area contributed by atoms with Crippen molar-refractivity contribution in [1.82, 2.24) is 34.9 Å². The van der Waals surface area contributed by atoms with E-state index in [-0.39, 0.29) is 0 Å². The zero-order valence-electron chi connectivity index (χ0n) is 28.6. The average molecular weight is 744 g/mol. The number of piperidine rings is 1. The molecule has 0 atom stereocenters. The molecular weight excluding hydrogens is 699 g/mol. The van der Waals surface area contributed by atoms with E-state index in [0.717, 1.165) is 101 Å². The summed E-state index contributed by atoms with van der Waals surface area (Å²) in [7, 11) is 1.53. The van der Waals surface area contributed by atoms with Crippen LogP contribution in [0.25, 0.3) is 22.0 Å². The number of fused-ring (bicyclic) bond motifs is 1. The molecule has 2 aromatic carbocycles. The summed E-state index contributed by atoms with van der Waals surface area (Å²) >= 11 is 3.68. The van der Waals surface area contributed by atoms with Gasteiger partial charge in [-0.05, 0) is 61.2 Å². The lowest BCUT2D eigenvalue weighted by atomic mass is 9.98. The van der Waals surface area contributed by atoms with Gasteiger partial charge in [-0.15, -0.1) is 0 Å². The van der Waals surface area contributed by atoms with E-state index in [1.165, 1.54) is 5.30 Å².